The fourth-order valence-corrected chi connectivity index (χ4v) is 5.69. The summed E-state index contributed by atoms with van der Waals surface area (Å²) in [7, 11) is -3.52. The number of carbonyl (C=O) groups is 1. The first-order valence-corrected chi connectivity index (χ1v) is 11.9. The average Bonchev–Trinajstić information content (AvgIpc) is 3.07. The fourth-order valence-electron chi connectivity index (χ4n) is 4.56. The number of fused-ring (bicyclic) bond motifs is 1. The molecule has 2 aliphatic heterocycles. The summed E-state index contributed by atoms with van der Waals surface area (Å²) in [6.07, 6.45) is 3.25. The number of benzene rings is 1. The second-order valence-electron chi connectivity index (χ2n) is 8.40. The van der Waals surface area contributed by atoms with Crippen LogP contribution in [0.2, 0.25) is 0 Å². The zero-order chi connectivity index (χ0) is 20.3. The highest BCUT2D eigenvalue weighted by atomic mass is 32.2. The molecule has 2 aliphatic rings. The van der Waals surface area contributed by atoms with Crippen molar-refractivity contribution in [3.05, 3.63) is 23.8 Å². The first kappa shape index (κ1) is 21.3. The van der Waals surface area contributed by atoms with Crippen LogP contribution in [0.5, 0.6) is 0 Å². The van der Waals surface area contributed by atoms with E-state index in [1.54, 1.807) is 23.1 Å². The Morgan fingerprint density at radius 3 is 2.61 bits per heavy atom. The number of sulfonamides is 1. The monoisotopic (exact) mass is 407 g/mol. The largest absolute Gasteiger partial charge is 0.312 e. The molecule has 1 aromatic rings. The number of hydrogen-bond acceptors (Lipinski definition) is 4. The Kier molecular flexibility index (Phi) is 6.78. The zero-order valence-corrected chi connectivity index (χ0v) is 18.1. The molecule has 2 atom stereocenters. The zero-order valence-electron chi connectivity index (χ0n) is 17.3. The van der Waals surface area contributed by atoms with Gasteiger partial charge in [-0.1, -0.05) is 20.8 Å². The molecule has 1 N–H and O–H groups in total. The molecule has 6 nitrogen and oxygen atoms in total. The van der Waals surface area contributed by atoms with Crippen LogP contribution >= 0.6 is 0 Å². The van der Waals surface area contributed by atoms with E-state index in [1.165, 1.54) is 6.42 Å². The van der Waals surface area contributed by atoms with Gasteiger partial charge in [-0.25, -0.2) is 13.1 Å². The maximum atomic E-state index is 12.7. The summed E-state index contributed by atoms with van der Waals surface area (Å²) >= 11 is 0. The van der Waals surface area contributed by atoms with E-state index in [1.807, 2.05) is 6.92 Å². The first-order valence-electron chi connectivity index (χ1n) is 10.5. The Labute approximate surface area is 169 Å². The van der Waals surface area contributed by atoms with Gasteiger partial charge in [0, 0.05) is 38.3 Å². The van der Waals surface area contributed by atoms with Crippen molar-refractivity contribution in [2.75, 3.05) is 37.6 Å². The predicted molar refractivity (Wildman–Crippen MR) is 112 cm³/mol. The van der Waals surface area contributed by atoms with Crippen LogP contribution in [-0.4, -0.2) is 51.9 Å². The molecule has 156 valence electrons. The van der Waals surface area contributed by atoms with Crippen LogP contribution in [-0.2, 0) is 21.2 Å². The number of piperidine rings is 1. The van der Waals surface area contributed by atoms with Crippen molar-refractivity contribution in [1.82, 2.24) is 9.62 Å². The van der Waals surface area contributed by atoms with Gasteiger partial charge in [-0.2, -0.15) is 0 Å². The van der Waals surface area contributed by atoms with Crippen LogP contribution in [0.1, 0.15) is 45.6 Å². The van der Waals surface area contributed by atoms with Crippen molar-refractivity contribution < 1.29 is 13.2 Å². The Hall–Kier alpha value is -1.44. The highest BCUT2D eigenvalue weighted by Gasteiger charge is 2.26. The van der Waals surface area contributed by atoms with Crippen molar-refractivity contribution in [1.29, 1.82) is 0 Å². The molecule has 0 radical (unpaired) electrons. The topological polar surface area (TPSA) is 69.7 Å². The number of carbonyl (C=O) groups excluding carboxylic acids is 1. The third kappa shape index (κ3) is 4.93. The summed E-state index contributed by atoms with van der Waals surface area (Å²) in [6, 6.07) is 5.09. The summed E-state index contributed by atoms with van der Waals surface area (Å²) in [5, 5.41) is 0. The lowest BCUT2D eigenvalue weighted by Gasteiger charge is -2.34. The van der Waals surface area contributed by atoms with Gasteiger partial charge >= 0.3 is 0 Å². The predicted octanol–water partition coefficient (Wildman–Crippen LogP) is 2.63. The molecule has 7 heteroatoms. The third-order valence-corrected chi connectivity index (χ3v) is 7.21. The third-order valence-electron chi connectivity index (χ3n) is 5.75. The fraction of sp³-hybridized carbons (Fsp3) is 0.667. The second-order valence-corrected chi connectivity index (χ2v) is 10.2. The van der Waals surface area contributed by atoms with Crippen LogP contribution in [0.25, 0.3) is 0 Å². The molecule has 0 aromatic heterocycles. The van der Waals surface area contributed by atoms with Crippen molar-refractivity contribution >= 4 is 21.6 Å². The van der Waals surface area contributed by atoms with Gasteiger partial charge in [0.25, 0.3) is 0 Å². The Balaban J connectivity index is 1.54. The van der Waals surface area contributed by atoms with Gasteiger partial charge in [0.2, 0.25) is 15.9 Å². The van der Waals surface area contributed by atoms with Gasteiger partial charge in [0.05, 0.1) is 4.90 Å². The molecule has 1 aromatic carbocycles. The number of amides is 1. The van der Waals surface area contributed by atoms with E-state index in [0.29, 0.717) is 37.8 Å². The minimum atomic E-state index is -3.52. The highest BCUT2D eigenvalue weighted by Crippen LogP contribution is 2.30. The van der Waals surface area contributed by atoms with Crippen LogP contribution in [0, 0.1) is 11.8 Å². The molecular weight excluding hydrogens is 374 g/mol. The second kappa shape index (κ2) is 8.93. The molecule has 0 spiro atoms. The van der Waals surface area contributed by atoms with Gasteiger partial charge in [-0.05, 0) is 61.4 Å². The van der Waals surface area contributed by atoms with E-state index in [4.69, 9.17) is 0 Å². The number of hydrogen-bond donors (Lipinski definition) is 1. The summed E-state index contributed by atoms with van der Waals surface area (Å²) < 4.78 is 28.0. The minimum absolute atomic E-state index is 0.0776. The molecule has 1 fully saturated rings. The Morgan fingerprint density at radius 2 is 1.93 bits per heavy atom. The lowest BCUT2D eigenvalue weighted by molar-refractivity contribution is -0.118. The van der Waals surface area contributed by atoms with Gasteiger partial charge in [0.15, 0.2) is 0 Å². The summed E-state index contributed by atoms with van der Waals surface area (Å²) in [4.78, 5) is 16.5. The van der Waals surface area contributed by atoms with Crippen LogP contribution in [0.3, 0.4) is 0 Å². The van der Waals surface area contributed by atoms with E-state index >= 15 is 0 Å². The van der Waals surface area contributed by atoms with Gasteiger partial charge in [-0.15, -0.1) is 0 Å². The SMILES string of the molecule is CCC(=O)N1CCc2cc(S(=O)(=O)NCCCN3C[C@H](C)C[C@H](C)C3)ccc21. The van der Waals surface area contributed by atoms with E-state index in [9.17, 15) is 13.2 Å². The number of anilines is 1. The van der Waals surface area contributed by atoms with Crippen LogP contribution in [0.15, 0.2) is 23.1 Å². The molecule has 28 heavy (non-hydrogen) atoms. The molecule has 1 amide bonds. The van der Waals surface area contributed by atoms with Gasteiger partial charge in [0.1, 0.15) is 0 Å². The normalized spacial score (nSPS) is 23.0. The number of rotatable bonds is 7. The Morgan fingerprint density at radius 1 is 1.21 bits per heavy atom. The molecule has 0 bridgehead atoms. The van der Waals surface area contributed by atoms with Crippen LogP contribution < -0.4 is 9.62 Å². The molecular formula is C21H33N3O3S. The quantitative estimate of drug-likeness (QED) is 0.706. The van der Waals surface area contributed by atoms with Gasteiger partial charge < -0.3 is 9.80 Å². The van der Waals surface area contributed by atoms with E-state index in [-0.39, 0.29) is 10.8 Å². The first-order chi connectivity index (χ1) is 13.3. The van der Waals surface area contributed by atoms with Gasteiger partial charge in [-0.3, -0.25) is 4.79 Å². The standard InChI is InChI=1S/C21H33N3O3S/c1-4-21(25)24-11-8-18-13-19(6-7-20(18)24)28(26,27)22-9-5-10-23-14-16(2)12-17(3)15-23/h6-7,13,16-17,22H,4-5,8-12,14-15H2,1-3H3/t16-,17+. The smallest absolute Gasteiger partial charge is 0.240 e. The highest BCUT2D eigenvalue weighted by molar-refractivity contribution is 7.89. The summed E-state index contributed by atoms with van der Waals surface area (Å²) in [6.45, 7) is 10.6. The number of likely N-dealkylation sites (tertiary alicyclic amines) is 1. The lowest BCUT2D eigenvalue weighted by atomic mass is 9.92. The van der Waals surface area contributed by atoms with Crippen molar-refractivity contribution in [2.24, 2.45) is 11.8 Å². The summed E-state index contributed by atoms with van der Waals surface area (Å²) in [5.74, 6) is 1.51. The maximum Gasteiger partial charge on any atom is 0.240 e. The Bertz CT molecular complexity index is 799. The molecule has 0 aliphatic carbocycles. The van der Waals surface area contributed by atoms with E-state index < -0.39 is 10.0 Å². The number of nitrogens with zero attached hydrogens (tertiary/aromatic N) is 2. The van der Waals surface area contributed by atoms with E-state index in [2.05, 4.69) is 23.5 Å². The molecule has 0 unspecified atom stereocenters. The van der Waals surface area contributed by atoms with Crippen molar-refractivity contribution in [3.63, 3.8) is 0 Å². The van der Waals surface area contributed by atoms with E-state index in [0.717, 1.165) is 37.3 Å². The average molecular weight is 408 g/mol. The molecule has 0 saturated carbocycles. The van der Waals surface area contributed by atoms with Crippen molar-refractivity contribution in [2.45, 2.75) is 51.3 Å². The molecule has 2 heterocycles. The van der Waals surface area contributed by atoms with Crippen molar-refractivity contribution in [3.8, 4) is 0 Å². The number of nitrogens with one attached hydrogen (secondary N) is 1. The summed E-state index contributed by atoms with van der Waals surface area (Å²) in [5.41, 5.74) is 1.78. The maximum absolute atomic E-state index is 12.7. The van der Waals surface area contributed by atoms with Crippen LogP contribution in [0.4, 0.5) is 5.69 Å². The molecule has 3 rings (SSSR count). The minimum Gasteiger partial charge on any atom is -0.312 e. The lowest BCUT2D eigenvalue weighted by Crippen LogP contribution is -2.40. The molecule has 1 saturated heterocycles.